The van der Waals surface area contributed by atoms with E-state index in [1.54, 1.807) is 0 Å². The summed E-state index contributed by atoms with van der Waals surface area (Å²) in [6.07, 6.45) is 0. The van der Waals surface area contributed by atoms with Gasteiger partial charge in [0.1, 0.15) is 0 Å². The number of nitrogens with zero attached hydrogens (tertiary/aromatic N) is 2. The van der Waals surface area contributed by atoms with Gasteiger partial charge in [-0.25, -0.2) is 0 Å². The second kappa shape index (κ2) is 14.3. The maximum Gasteiger partial charge on any atom is 0.0755 e. The lowest BCUT2D eigenvalue weighted by molar-refractivity contribution is 0.660. The SMILES string of the molecule is CC1(C)c2ccccc2-c2ccc(N(c3cccc(-c4cccc5c4sc4ccccc45)c3)c3ccc4c(c3)C3(c5ccccc5-4)c4ccccc4N(c4ccccc4)c4ccccc43)cc21. The Morgan fingerprint density at radius 1 is 0.373 bits per heavy atom. The lowest BCUT2D eigenvalue weighted by Crippen LogP contribution is -2.36. The molecule has 1 aromatic heterocycles. The summed E-state index contributed by atoms with van der Waals surface area (Å²) in [5, 5.41) is 2.62. The molecule has 0 saturated carbocycles. The number of rotatable bonds is 5. The Hall–Kier alpha value is -7.98. The second-order valence-electron chi connectivity index (χ2n) is 18.8. The number of hydrogen-bond donors (Lipinski definition) is 0. The number of para-hydroxylation sites is 3. The zero-order chi connectivity index (χ0) is 44.4. The number of fused-ring (bicyclic) bond motifs is 15. The van der Waals surface area contributed by atoms with Crippen LogP contribution in [-0.4, -0.2) is 0 Å². The summed E-state index contributed by atoms with van der Waals surface area (Å²) in [6.45, 7) is 4.76. The van der Waals surface area contributed by atoms with Gasteiger partial charge in [0.2, 0.25) is 0 Å². The first-order valence-corrected chi connectivity index (χ1v) is 24.2. The van der Waals surface area contributed by atoms with E-state index in [9.17, 15) is 0 Å². The first-order valence-electron chi connectivity index (χ1n) is 23.3. The zero-order valence-electron chi connectivity index (χ0n) is 37.2. The number of hydrogen-bond acceptors (Lipinski definition) is 3. The highest BCUT2D eigenvalue weighted by Crippen LogP contribution is 2.64. The molecular weight excluding hydrogens is 829 g/mol. The molecule has 14 rings (SSSR count). The van der Waals surface area contributed by atoms with Gasteiger partial charge in [0.25, 0.3) is 0 Å². The minimum absolute atomic E-state index is 0.157. The third-order valence-corrected chi connectivity index (χ3v) is 16.3. The maximum absolute atomic E-state index is 2.52. The van der Waals surface area contributed by atoms with Crippen molar-refractivity contribution in [1.82, 2.24) is 0 Å². The molecule has 0 saturated heterocycles. The maximum atomic E-state index is 2.52. The Morgan fingerprint density at radius 3 is 1.64 bits per heavy atom. The molecule has 0 N–H and O–H groups in total. The smallest absolute Gasteiger partial charge is 0.0755 e. The largest absolute Gasteiger partial charge is 0.310 e. The molecule has 1 aliphatic heterocycles. The van der Waals surface area contributed by atoms with E-state index in [-0.39, 0.29) is 5.41 Å². The first-order chi connectivity index (χ1) is 33.0. The molecule has 10 aromatic carbocycles. The van der Waals surface area contributed by atoms with Crippen molar-refractivity contribution in [3.63, 3.8) is 0 Å². The van der Waals surface area contributed by atoms with E-state index >= 15 is 0 Å². The van der Waals surface area contributed by atoms with Crippen molar-refractivity contribution in [2.75, 3.05) is 9.80 Å². The van der Waals surface area contributed by atoms with Gasteiger partial charge in [-0.3, -0.25) is 0 Å². The van der Waals surface area contributed by atoms with Crippen molar-refractivity contribution >= 4 is 65.6 Å². The van der Waals surface area contributed by atoms with Crippen molar-refractivity contribution in [3.8, 4) is 33.4 Å². The average Bonchev–Trinajstić information content (AvgIpc) is 3.98. The highest BCUT2D eigenvalue weighted by Gasteiger charge is 2.52. The Bertz CT molecular complexity index is 3770. The Labute approximate surface area is 395 Å². The van der Waals surface area contributed by atoms with Crippen molar-refractivity contribution in [3.05, 3.63) is 264 Å². The van der Waals surface area contributed by atoms with Crippen LogP contribution in [0.2, 0.25) is 0 Å². The second-order valence-corrected chi connectivity index (χ2v) is 19.8. The quantitative estimate of drug-likeness (QED) is 0.170. The molecule has 1 spiro atoms. The fourth-order valence-electron chi connectivity index (χ4n) is 12.2. The van der Waals surface area contributed by atoms with E-state index in [1.165, 1.54) is 98.3 Å². The Kier molecular flexibility index (Phi) is 8.15. The van der Waals surface area contributed by atoms with E-state index < -0.39 is 5.41 Å². The lowest BCUT2D eigenvalue weighted by Gasteiger charge is -2.45. The molecule has 0 atom stereocenters. The van der Waals surface area contributed by atoms with Crippen LogP contribution in [0.5, 0.6) is 0 Å². The van der Waals surface area contributed by atoms with Crippen LogP contribution in [0.25, 0.3) is 53.6 Å². The molecular formula is C64H44N2S. The van der Waals surface area contributed by atoms with Gasteiger partial charge in [-0.2, -0.15) is 0 Å². The number of benzene rings is 10. The van der Waals surface area contributed by atoms with Crippen LogP contribution in [-0.2, 0) is 10.8 Å². The molecule has 3 aliphatic rings. The normalized spacial score (nSPS) is 14.3. The highest BCUT2D eigenvalue weighted by atomic mass is 32.1. The average molecular weight is 873 g/mol. The monoisotopic (exact) mass is 872 g/mol. The van der Waals surface area contributed by atoms with E-state index in [0.717, 1.165) is 22.7 Å². The van der Waals surface area contributed by atoms with Crippen LogP contribution in [0.15, 0.2) is 231 Å². The van der Waals surface area contributed by atoms with Gasteiger partial charge in [-0.05, 0) is 133 Å². The minimum atomic E-state index is -0.577. The van der Waals surface area contributed by atoms with E-state index in [4.69, 9.17) is 0 Å². The number of thiophene rings is 1. The molecule has 0 amide bonds. The number of anilines is 6. The molecule has 0 unspecified atom stereocenters. The molecule has 0 fully saturated rings. The van der Waals surface area contributed by atoms with Crippen molar-refractivity contribution in [2.24, 2.45) is 0 Å². The predicted octanol–water partition coefficient (Wildman–Crippen LogP) is 17.6. The molecule has 0 bridgehead atoms. The molecule has 0 radical (unpaired) electrons. The van der Waals surface area contributed by atoms with E-state index in [2.05, 4.69) is 254 Å². The van der Waals surface area contributed by atoms with Crippen molar-refractivity contribution in [2.45, 2.75) is 24.7 Å². The van der Waals surface area contributed by atoms with Crippen LogP contribution in [0.4, 0.5) is 34.1 Å². The predicted molar refractivity (Wildman–Crippen MR) is 283 cm³/mol. The lowest BCUT2D eigenvalue weighted by atomic mass is 9.64. The van der Waals surface area contributed by atoms with Crippen molar-refractivity contribution < 1.29 is 0 Å². The van der Waals surface area contributed by atoms with Crippen LogP contribution in [0, 0.1) is 0 Å². The first kappa shape index (κ1) is 38.3. The summed E-state index contributed by atoms with van der Waals surface area (Å²) in [5.41, 5.74) is 21.7. The molecule has 67 heavy (non-hydrogen) atoms. The summed E-state index contributed by atoms with van der Waals surface area (Å²) in [5.74, 6) is 0. The summed E-state index contributed by atoms with van der Waals surface area (Å²) < 4.78 is 2.64. The van der Waals surface area contributed by atoms with E-state index in [1.807, 2.05) is 11.3 Å². The van der Waals surface area contributed by atoms with E-state index in [0.29, 0.717) is 0 Å². The molecule has 2 heterocycles. The highest BCUT2D eigenvalue weighted by molar-refractivity contribution is 7.26. The standard InChI is InChI=1S/C64H44N2S/c1-63(2)53-27-9-6-22-47(53)49-36-34-44(39-57(49)63)65(43-21-16-18-41(38-43)46-25-17-26-52-51-24-8-15-33-61(51)67-62(46)52)45-35-37-50-48-23-7-10-28-54(48)64(58(50)40-45)55-29-11-13-31-59(55)66(42-19-4-3-5-20-42)60-32-14-12-30-56(60)64/h3-40H,1-2H3. The van der Waals surface area contributed by atoms with Gasteiger partial charge in [-0.15, -0.1) is 11.3 Å². The molecule has 316 valence electrons. The van der Waals surface area contributed by atoms with Gasteiger partial charge in [0.15, 0.2) is 0 Å². The Morgan fingerprint density at radius 2 is 0.896 bits per heavy atom. The Balaban J connectivity index is 1.02. The van der Waals surface area contributed by atoms with Crippen LogP contribution in [0.1, 0.15) is 47.2 Å². The van der Waals surface area contributed by atoms with Gasteiger partial charge >= 0.3 is 0 Å². The zero-order valence-corrected chi connectivity index (χ0v) is 38.1. The third-order valence-electron chi connectivity index (χ3n) is 15.0. The summed E-state index contributed by atoms with van der Waals surface area (Å²) >= 11 is 1.89. The van der Waals surface area contributed by atoms with Gasteiger partial charge in [0.05, 0.1) is 16.8 Å². The summed E-state index contributed by atoms with van der Waals surface area (Å²) in [7, 11) is 0. The fraction of sp³-hybridized carbons (Fsp3) is 0.0625. The van der Waals surface area contributed by atoms with Crippen LogP contribution in [0.3, 0.4) is 0 Å². The third kappa shape index (κ3) is 5.32. The molecule has 11 aromatic rings. The molecule has 2 nitrogen and oxygen atoms in total. The van der Waals surface area contributed by atoms with Gasteiger partial charge in [0, 0.05) is 48.3 Å². The molecule has 2 aliphatic carbocycles. The van der Waals surface area contributed by atoms with Gasteiger partial charge in [-0.1, -0.05) is 178 Å². The molecule has 3 heteroatoms. The topological polar surface area (TPSA) is 6.48 Å². The summed E-state index contributed by atoms with van der Waals surface area (Å²) in [4.78, 5) is 4.97. The van der Waals surface area contributed by atoms with Crippen molar-refractivity contribution in [1.29, 1.82) is 0 Å². The fourth-order valence-corrected chi connectivity index (χ4v) is 13.4. The van der Waals surface area contributed by atoms with Gasteiger partial charge < -0.3 is 9.80 Å². The minimum Gasteiger partial charge on any atom is -0.310 e. The van der Waals surface area contributed by atoms with Crippen LogP contribution >= 0.6 is 11.3 Å². The summed E-state index contributed by atoms with van der Waals surface area (Å²) in [6, 6.07) is 86.4. The van der Waals surface area contributed by atoms with Crippen LogP contribution < -0.4 is 9.80 Å².